The Kier molecular flexibility index (Phi) is 5.17. The Morgan fingerprint density at radius 1 is 1.22 bits per heavy atom. The fourth-order valence-electron chi connectivity index (χ4n) is 2.69. The highest BCUT2D eigenvalue weighted by molar-refractivity contribution is 14.1. The summed E-state index contributed by atoms with van der Waals surface area (Å²) >= 11 is 3.62. The third kappa shape index (κ3) is 3.86. The number of amides is 1. The molecule has 27 heavy (non-hydrogen) atoms. The highest BCUT2D eigenvalue weighted by Gasteiger charge is 2.13. The molecule has 0 aliphatic rings. The van der Waals surface area contributed by atoms with Gasteiger partial charge < -0.3 is 5.32 Å². The van der Waals surface area contributed by atoms with E-state index in [1.807, 2.05) is 29.6 Å². The van der Waals surface area contributed by atoms with E-state index in [9.17, 15) is 9.18 Å². The number of nitrogens with zero attached hydrogens (tertiary/aromatic N) is 3. The van der Waals surface area contributed by atoms with Crippen LogP contribution >= 0.6 is 33.9 Å². The molecule has 0 fully saturated rings. The van der Waals surface area contributed by atoms with Gasteiger partial charge in [0.15, 0.2) is 5.82 Å². The molecule has 136 valence electrons. The minimum absolute atomic E-state index is 0.0921. The average Bonchev–Trinajstić information content (AvgIpc) is 3.24. The number of aromatic nitrogens is 3. The predicted octanol–water partition coefficient (Wildman–Crippen LogP) is 4.17. The average molecular weight is 492 g/mol. The molecule has 0 aliphatic carbocycles. The van der Waals surface area contributed by atoms with Crippen LogP contribution in [-0.2, 0) is 6.42 Å². The van der Waals surface area contributed by atoms with Gasteiger partial charge in [-0.2, -0.15) is 4.98 Å². The van der Waals surface area contributed by atoms with Gasteiger partial charge in [-0.3, -0.25) is 4.79 Å². The minimum atomic E-state index is -0.316. The van der Waals surface area contributed by atoms with Crippen molar-refractivity contribution in [2.45, 2.75) is 6.42 Å². The number of carbonyl (C=O) groups excluding carboxylic acids is 1. The molecule has 4 rings (SSSR count). The molecular formula is C19H14FIN4OS. The van der Waals surface area contributed by atoms with Crippen molar-refractivity contribution in [1.29, 1.82) is 0 Å². The number of benzene rings is 2. The van der Waals surface area contributed by atoms with Gasteiger partial charge >= 0.3 is 0 Å². The zero-order valence-corrected chi connectivity index (χ0v) is 17.0. The number of hydrogen-bond acceptors (Lipinski definition) is 4. The first-order valence-electron chi connectivity index (χ1n) is 8.23. The largest absolute Gasteiger partial charge is 0.352 e. The van der Waals surface area contributed by atoms with Crippen molar-refractivity contribution in [3.63, 3.8) is 0 Å². The van der Waals surface area contributed by atoms with Gasteiger partial charge in [0.25, 0.3) is 5.91 Å². The van der Waals surface area contributed by atoms with Gasteiger partial charge in [0.2, 0.25) is 4.96 Å². The summed E-state index contributed by atoms with van der Waals surface area (Å²) < 4.78 is 16.1. The van der Waals surface area contributed by atoms with E-state index >= 15 is 0 Å². The van der Waals surface area contributed by atoms with Crippen molar-refractivity contribution in [2.24, 2.45) is 0 Å². The number of fused-ring (bicyclic) bond motifs is 1. The highest BCUT2D eigenvalue weighted by Crippen LogP contribution is 2.21. The van der Waals surface area contributed by atoms with Crippen molar-refractivity contribution in [3.8, 4) is 11.4 Å². The smallest absolute Gasteiger partial charge is 0.252 e. The van der Waals surface area contributed by atoms with Crippen molar-refractivity contribution in [2.75, 3.05) is 6.54 Å². The first-order chi connectivity index (χ1) is 13.1. The maximum Gasteiger partial charge on any atom is 0.252 e. The molecule has 2 aromatic heterocycles. The lowest BCUT2D eigenvalue weighted by molar-refractivity contribution is 0.0953. The zero-order valence-electron chi connectivity index (χ0n) is 14.0. The molecule has 0 aliphatic heterocycles. The summed E-state index contributed by atoms with van der Waals surface area (Å²) in [6.45, 7) is 0.491. The number of thiazole rings is 1. The molecule has 2 aromatic carbocycles. The normalized spacial score (nSPS) is 11.0. The zero-order chi connectivity index (χ0) is 18.8. The highest BCUT2D eigenvalue weighted by atomic mass is 127. The van der Waals surface area contributed by atoms with Crippen LogP contribution < -0.4 is 5.32 Å². The molecule has 0 saturated carbocycles. The van der Waals surface area contributed by atoms with Crippen LogP contribution in [0.1, 0.15) is 16.1 Å². The molecule has 2 heterocycles. The van der Waals surface area contributed by atoms with Crippen LogP contribution in [0.15, 0.2) is 53.9 Å². The summed E-state index contributed by atoms with van der Waals surface area (Å²) in [5.41, 5.74) is 2.26. The molecule has 0 bridgehead atoms. The third-order valence-corrected chi connectivity index (χ3v) is 5.82. The number of carbonyl (C=O) groups is 1. The fraction of sp³-hybridized carbons (Fsp3) is 0.105. The second-order valence-corrected chi connectivity index (χ2v) is 7.85. The molecule has 0 saturated heterocycles. The van der Waals surface area contributed by atoms with Crippen LogP contribution in [0, 0.1) is 9.39 Å². The van der Waals surface area contributed by atoms with Gasteiger partial charge in [0.1, 0.15) is 5.82 Å². The summed E-state index contributed by atoms with van der Waals surface area (Å²) in [5.74, 6) is 0.0834. The maximum atomic E-state index is 13.4. The molecule has 4 aromatic rings. The second kappa shape index (κ2) is 7.73. The Morgan fingerprint density at radius 3 is 2.89 bits per heavy atom. The van der Waals surface area contributed by atoms with Crippen LogP contribution in [0.5, 0.6) is 0 Å². The second-order valence-electron chi connectivity index (χ2n) is 5.85. The van der Waals surface area contributed by atoms with Gasteiger partial charge in [-0.05, 0) is 46.9 Å². The number of hydrogen-bond donors (Lipinski definition) is 1. The van der Waals surface area contributed by atoms with E-state index < -0.39 is 0 Å². The Hall–Kier alpha value is -2.33. The fourth-order valence-corrected chi connectivity index (χ4v) is 4.18. The van der Waals surface area contributed by atoms with Crippen molar-refractivity contribution in [3.05, 3.63) is 74.6 Å². The van der Waals surface area contributed by atoms with Crippen LogP contribution in [0.2, 0.25) is 0 Å². The standard InChI is InChI=1S/C19H14FIN4OS/c20-13-5-3-4-12(10-13)17-23-19-25(24-17)14(11-27-19)8-9-22-18(26)15-6-1-2-7-16(15)21/h1-7,10-11H,8-9H2,(H,22,26). The number of rotatable bonds is 5. The number of halogens is 2. The Bertz CT molecular complexity index is 1120. The van der Waals surface area contributed by atoms with E-state index in [1.54, 1.807) is 16.6 Å². The van der Waals surface area contributed by atoms with E-state index in [4.69, 9.17) is 0 Å². The first kappa shape index (κ1) is 18.1. The molecule has 1 amide bonds. The maximum absolute atomic E-state index is 13.4. The van der Waals surface area contributed by atoms with Crippen LogP contribution in [0.25, 0.3) is 16.3 Å². The van der Waals surface area contributed by atoms with E-state index in [1.165, 1.54) is 23.5 Å². The van der Waals surface area contributed by atoms with E-state index in [0.717, 1.165) is 14.2 Å². The van der Waals surface area contributed by atoms with E-state index in [2.05, 4.69) is 38.0 Å². The number of nitrogens with one attached hydrogen (secondary N) is 1. The molecule has 5 nitrogen and oxygen atoms in total. The van der Waals surface area contributed by atoms with Gasteiger partial charge in [0.05, 0.1) is 11.3 Å². The molecule has 0 radical (unpaired) electrons. The van der Waals surface area contributed by atoms with Gasteiger partial charge in [-0.15, -0.1) is 16.4 Å². The Morgan fingerprint density at radius 2 is 2.07 bits per heavy atom. The van der Waals surface area contributed by atoms with Crippen LogP contribution in [-0.4, -0.2) is 27.0 Å². The Balaban J connectivity index is 1.47. The SMILES string of the molecule is O=C(NCCc1csc2nc(-c3cccc(F)c3)nn12)c1ccccc1I. The summed E-state index contributed by atoms with van der Waals surface area (Å²) in [6.07, 6.45) is 0.626. The first-order valence-corrected chi connectivity index (χ1v) is 10.2. The lowest BCUT2D eigenvalue weighted by Crippen LogP contribution is -2.26. The summed E-state index contributed by atoms with van der Waals surface area (Å²) in [6, 6.07) is 13.7. The van der Waals surface area contributed by atoms with Crippen LogP contribution in [0.3, 0.4) is 0 Å². The van der Waals surface area contributed by atoms with Gasteiger partial charge in [-0.1, -0.05) is 24.3 Å². The summed E-state index contributed by atoms with van der Waals surface area (Å²) in [5, 5.41) is 9.40. The molecule has 0 unspecified atom stereocenters. The van der Waals surface area contributed by atoms with Gasteiger partial charge in [-0.25, -0.2) is 8.91 Å². The van der Waals surface area contributed by atoms with E-state index in [0.29, 0.717) is 29.9 Å². The minimum Gasteiger partial charge on any atom is -0.352 e. The molecule has 0 atom stereocenters. The molecule has 0 spiro atoms. The lowest BCUT2D eigenvalue weighted by atomic mass is 10.2. The monoisotopic (exact) mass is 492 g/mol. The van der Waals surface area contributed by atoms with E-state index in [-0.39, 0.29) is 11.7 Å². The van der Waals surface area contributed by atoms with Crippen LogP contribution in [0.4, 0.5) is 4.39 Å². The van der Waals surface area contributed by atoms with Crippen molar-refractivity contribution >= 4 is 44.8 Å². The van der Waals surface area contributed by atoms with Crippen molar-refractivity contribution < 1.29 is 9.18 Å². The molecule has 8 heteroatoms. The quantitative estimate of drug-likeness (QED) is 0.426. The Labute approximate surface area is 172 Å². The van der Waals surface area contributed by atoms with Gasteiger partial charge in [0, 0.05) is 27.5 Å². The molecule has 1 N–H and O–H groups in total. The third-order valence-electron chi connectivity index (χ3n) is 4.02. The van der Waals surface area contributed by atoms with Crippen molar-refractivity contribution in [1.82, 2.24) is 19.9 Å². The summed E-state index contributed by atoms with van der Waals surface area (Å²) in [7, 11) is 0. The summed E-state index contributed by atoms with van der Waals surface area (Å²) in [4.78, 5) is 17.5. The topological polar surface area (TPSA) is 59.3 Å². The molecular weight excluding hydrogens is 478 g/mol. The predicted molar refractivity (Wildman–Crippen MR) is 111 cm³/mol. The lowest BCUT2D eigenvalue weighted by Gasteiger charge is -2.06.